The van der Waals surface area contributed by atoms with E-state index in [0.29, 0.717) is 6.42 Å². The summed E-state index contributed by atoms with van der Waals surface area (Å²) in [5, 5.41) is 1.81. The molecule has 3 heterocycles. The van der Waals surface area contributed by atoms with Crippen molar-refractivity contribution in [1.82, 2.24) is 19.4 Å². The van der Waals surface area contributed by atoms with Crippen molar-refractivity contribution in [3.05, 3.63) is 63.5 Å². The maximum Gasteiger partial charge on any atom is 0.257 e. The van der Waals surface area contributed by atoms with Crippen LogP contribution >= 0.6 is 11.8 Å². The Morgan fingerprint density at radius 3 is 2.90 bits per heavy atom. The minimum atomic E-state index is -0.226. The van der Waals surface area contributed by atoms with Crippen LogP contribution in [0.2, 0.25) is 0 Å². The van der Waals surface area contributed by atoms with E-state index in [0.717, 1.165) is 58.9 Å². The van der Waals surface area contributed by atoms with Gasteiger partial charge in [-0.1, -0.05) is 17.8 Å². The number of aryl methyl sites for hydroxylation is 1. The van der Waals surface area contributed by atoms with E-state index in [1.165, 1.54) is 29.5 Å². The van der Waals surface area contributed by atoms with E-state index in [-0.39, 0.29) is 11.4 Å². The number of nitrogens with one attached hydrogen (secondary N) is 1. The van der Waals surface area contributed by atoms with Crippen molar-refractivity contribution in [2.75, 3.05) is 25.9 Å². The van der Waals surface area contributed by atoms with Crippen molar-refractivity contribution in [3.8, 4) is 0 Å². The summed E-state index contributed by atoms with van der Waals surface area (Å²) in [5.41, 5.74) is 4.96. The third-order valence-electron chi connectivity index (χ3n) is 5.69. The largest absolute Gasteiger partial charge is 0.360 e. The molecule has 0 unspecified atom stereocenters. The highest BCUT2D eigenvalue weighted by Crippen LogP contribution is 2.29. The van der Waals surface area contributed by atoms with Crippen LogP contribution in [0.15, 0.2) is 40.4 Å². The van der Waals surface area contributed by atoms with E-state index in [1.807, 2.05) is 25.4 Å². The SMILES string of the molecule is CSc1nc(C)c(CCN2CC=C(c3c[nH]c4cc(F)ccc34)CC2)c(=O)n1C. The van der Waals surface area contributed by atoms with Gasteiger partial charge >= 0.3 is 0 Å². The zero-order valence-electron chi connectivity index (χ0n) is 17.0. The average Bonchev–Trinajstić information content (AvgIpc) is 3.14. The van der Waals surface area contributed by atoms with Gasteiger partial charge < -0.3 is 4.98 Å². The third kappa shape index (κ3) is 3.89. The number of rotatable bonds is 5. The van der Waals surface area contributed by atoms with Crippen molar-refractivity contribution in [2.24, 2.45) is 7.05 Å². The van der Waals surface area contributed by atoms with Crippen LogP contribution in [0.4, 0.5) is 4.39 Å². The van der Waals surface area contributed by atoms with Gasteiger partial charge in [0.2, 0.25) is 0 Å². The van der Waals surface area contributed by atoms with Crippen LogP contribution < -0.4 is 5.56 Å². The number of halogens is 1. The zero-order valence-corrected chi connectivity index (χ0v) is 17.8. The van der Waals surface area contributed by atoms with Crippen LogP contribution in [0.5, 0.6) is 0 Å². The second-order valence-electron chi connectivity index (χ2n) is 7.45. The number of thioether (sulfide) groups is 1. The number of H-pyrrole nitrogens is 1. The molecule has 0 atom stereocenters. The molecule has 3 aromatic rings. The van der Waals surface area contributed by atoms with Crippen molar-refractivity contribution in [1.29, 1.82) is 0 Å². The van der Waals surface area contributed by atoms with Crippen LogP contribution in [0.1, 0.15) is 23.2 Å². The molecule has 0 saturated heterocycles. The van der Waals surface area contributed by atoms with Crippen molar-refractivity contribution in [2.45, 2.75) is 24.9 Å². The Labute approximate surface area is 173 Å². The highest BCUT2D eigenvalue weighted by molar-refractivity contribution is 7.98. The lowest BCUT2D eigenvalue weighted by molar-refractivity contribution is 0.305. The zero-order chi connectivity index (χ0) is 20.5. The fourth-order valence-corrected chi connectivity index (χ4v) is 4.58. The molecule has 0 bridgehead atoms. The van der Waals surface area contributed by atoms with E-state index >= 15 is 0 Å². The van der Waals surface area contributed by atoms with E-state index < -0.39 is 0 Å². The molecule has 29 heavy (non-hydrogen) atoms. The number of hydrogen-bond donors (Lipinski definition) is 1. The first-order valence-electron chi connectivity index (χ1n) is 9.77. The molecule has 152 valence electrons. The normalized spacial score (nSPS) is 15.1. The molecule has 1 aliphatic rings. The summed E-state index contributed by atoms with van der Waals surface area (Å²) in [7, 11) is 1.78. The molecule has 1 aliphatic heterocycles. The molecule has 0 amide bonds. The molecule has 2 aromatic heterocycles. The standard InChI is InChI=1S/C22H25FN4OS/c1-14-17(21(28)26(2)22(25-14)29-3)8-11-27-9-6-15(7-10-27)19-13-24-20-12-16(23)4-5-18(19)20/h4-6,12-13,24H,7-11H2,1-3H3. The fourth-order valence-electron chi connectivity index (χ4n) is 3.99. The Morgan fingerprint density at radius 1 is 1.34 bits per heavy atom. The van der Waals surface area contributed by atoms with Gasteiger partial charge in [0, 0.05) is 60.6 Å². The lowest BCUT2D eigenvalue weighted by atomic mass is 9.98. The van der Waals surface area contributed by atoms with Gasteiger partial charge in [-0.05, 0) is 49.8 Å². The van der Waals surface area contributed by atoms with Crippen LogP contribution in [-0.4, -0.2) is 45.3 Å². The summed E-state index contributed by atoms with van der Waals surface area (Å²) < 4.78 is 15.1. The maximum atomic E-state index is 13.4. The van der Waals surface area contributed by atoms with Gasteiger partial charge in [0.05, 0.1) is 0 Å². The van der Waals surface area contributed by atoms with Gasteiger partial charge in [0.25, 0.3) is 5.56 Å². The summed E-state index contributed by atoms with van der Waals surface area (Å²) >= 11 is 1.49. The summed E-state index contributed by atoms with van der Waals surface area (Å²) in [6, 6.07) is 4.88. The average molecular weight is 413 g/mol. The Morgan fingerprint density at radius 2 is 2.17 bits per heavy atom. The predicted octanol–water partition coefficient (Wildman–Crippen LogP) is 3.76. The molecule has 0 radical (unpaired) electrons. The number of benzene rings is 1. The van der Waals surface area contributed by atoms with Gasteiger partial charge in [-0.25, -0.2) is 9.37 Å². The second-order valence-corrected chi connectivity index (χ2v) is 8.22. The molecule has 4 rings (SSSR count). The lowest BCUT2D eigenvalue weighted by Crippen LogP contribution is -2.33. The summed E-state index contributed by atoms with van der Waals surface area (Å²) in [4.78, 5) is 22.7. The topological polar surface area (TPSA) is 53.9 Å². The van der Waals surface area contributed by atoms with E-state index in [1.54, 1.807) is 11.6 Å². The molecule has 0 fully saturated rings. The summed E-state index contributed by atoms with van der Waals surface area (Å²) in [6.45, 7) is 4.54. The van der Waals surface area contributed by atoms with Crippen LogP contribution in [0.3, 0.4) is 0 Å². The van der Waals surface area contributed by atoms with E-state index in [2.05, 4.69) is 20.9 Å². The third-order valence-corrected chi connectivity index (χ3v) is 6.42. The molecule has 7 heteroatoms. The summed E-state index contributed by atoms with van der Waals surface area (Å²) in [5.74, 6) is -0.226. The molecule has 1 aromatic carbocycles. The predicted molar refractivity (Wildman–Crippen MR) is 117 cm³/mol. The molecule has 0 spiro atoms. The van der Waals surface area contributed by atoms with Crippen molar-refractivity contribution in [3.63, 3.8) is 0 Å². The number of aromatic nitrogens is 3. The smallest absolute Gasteiger partial charge is 0.257 e. The first-order chi connectivity index (χ1) is 14.0. The number of hydrogen-bond acceptors (Lipinski definition) is 4. The van der Waals surface area contributed by atoms with Crippen molar-refractivity contribution < 1.29 is 4.39 Å². The first-order valence-corrected chi connectivity index (χ1v) is 11.0. The van der Waals surface area contributed by atoms with Gasteiger partial charge in [-0.3, -0.25) is 14.3 Å². The lowest BCUT2D eigenvalue weighted by Gasteiger charge is -2.26. The molecule has 0 saturated carbocycles. The number of nitrogens with zero attached hydrogens (tertiary/aromatic N) is 3. The highest BCUT2D eigenvalue weighted by Gasteiger charge is 2.17. The van der Waals surface area contributed by atoms with Crippen LogP contribution in [-0.2, 0) is 13.5 Å². The van der Waals surface area contributed by atoms with Gasteiger partial charge in [0.1, 0.15) is 5.82 Å². The summed E-state index contributed by atoms with van der Waals surface area (Å²) in [6.07, 6.45) is 7.79. The Balaban J connectivity index is 1.46. The van der Waals surface area contributed by atoms with Crippen LogP contribution in [0, 0.1) is 12.7 Å². The Hall–Kier alpha value is -2.38. The number of fused-ring (bicyclic) bond motifs is 1. The van der Waals surface area contributed by atoms with E-state index in [4.69, 9.17) is 0 Å². The fraction of sp³-hybridized carbons (Fsp3) is 0.364. The van der Waals surface area contributed by atoms with Gasteiger partial charge in [0.15, 0.2) is 5.16 Å². The molecule has 1 N–H and O–H groups in total. The Bertz CT molecular complexity index is 1150. The maximum absolute atomic E-state index is 13.4. The highest BCUT2D eigenvalue weighted by atomic mass is 32.2. The van der Waals surface area contributed by atoms with Gasteiger partial charge in [-0.15, -0.1) is 0 Å². The second kappa shape index (κ2) is 8.16. The molecular weight excluding hydrogens is 387 g/mol. The minimum absolute atomic E-state index is 0.0566. The first kappa shape index (κ1) is 19.9. The minimum Gasteiger partial charge on any atom is -0.360 e. The number of aromatic amines is 1. The molecular formula is C22H25FN4OS. The quantitative estimate of drug-likeness (QED) is 0.512. The van der Waals surface area contributed by atoms with Gasteiger partial charge in [-0.2, -0.15) is 0 Å². The molecule has 5 nitrogen and oxygen atoms in total. The van der Waals surface area contributed by atoms with E-state index in [9.17, 15) is 9.18 Å². The van der Waals surface area contributed by atoms with Crippen molar-refractivity contribution >= 4 is 28.2 Å². The monoisotopic (exact) mass is 412 g/mol. The molecule has 0 aliphatic carbocycles. The Kier molecular flexibility index (Phi) is 5.61. The van der Waals surface area contributed by atoms with Crippen LogP contribution in [0.25, 0.3) is 16.5 Å².